The van der Waals surface area contributed by atoms with E-state index in [9.17, 15) is 18.0 Å². The number of nitrogens with one attached hydrogen (secondary N) is 1. The van der Waals surface area contributed by atoms with Crippen molar-refractivity contribution < 1.29 is 18.0 Å². The van der Waals surface area contributed by atoms with E-state index in [1.54, 1.807) is 6.07 Å². The number of carbonyl (C=O) groups excluding carboxylic acids is 1. The predicted molar refractivity (Wildman–Crippen MR) is 88.7 cm³/mol. The van der Waals surface area contributed by atoms with E-state index in [1.165, 1.54) is 18.2 Å². The minimum Gasteiger partial charge on any atom is -0.296 e. The van der Waals surface area contributed by atoms with Crippen molar-refractivity contribution in [3.05, 3.63) is 46.6 Å². The van der Waals surface area contributed by atoms with Gasteiger partial charge in [-0.1, -0.05) is 43.4 Å². The molecule has 0 unspecified atom stereocenters. The summed E-state index contributed by atoms with van der Waals surface area (Å²) < 4.78 is 40.7. The number of halogens is 3. The number of hydrogen-bond donors (Lipinski definition) is 1. The summed E-state index contributed by atoms with van der Waals surface area (Å²) in [4.78, 5) is 16.4. The number of rotatable bonds is 3. The average molecular weight is 366 g/mol. The second-order valence-electron chi connectivity index (χ2n) is 5.62. The lowest BCUT2D eigenvalue weighted by Crippen LogP contribution is -2.19. The van der Waals surface area contributed by atoms with E-state index in [0.717, 1.165) is 17.5 Å². The van der Waals surface area contributed by atoms with E-state index in [4.69, 9.17) is 0 Å². The summed E-state index contributed by atoms with van der Waals surface area (Å²) in [5, 5.41) is 10.8. The Hall–Kier alpha value is -2.55. The highest BCUT2D eigenvalue weighted by Gasteiger charge is 2.37. The zero-order valence-electron chi connectivity index (χ0n) is 13.3. The molecule has 3 rings (SSSR count). The third kappa shape index (κ3) is 3.46. The van der Waals surface area contributed by atoms with Gasteiger partial charge in [-0.15, -0.1) is 10.2 Å². The summed E-state index contributed by atoms with van der Waals surface area (Å²) in [5.41, 5.74) is -1.39. The fourth-order valence-electron chi connectivity index (χ4n) is 2.30. The molecular weight excluding hydrogens is 353 g/mol. The average Bonchev–Trinajstić information content (AvgIpc) is 3.01. The van der Waals surface area contributed by atoms with Crippen molar-refractivity contribution in [1.29, 1.82) is 0 Å². The number of nitrogens with zero attached hydrogens (tertiary/aromatic N) is 3. The lowest BCUT2D eigenvalue weighted by atomic mass is 10.0. The summed E-state index contributed by atoms with van der Waals surface area (Å²) in [6, 6.07) is 5.82. The molecule has 1 aromatic carbocycles. The highest BCUT2D eigenvalue weighted by atomic mass is 32.1. The first-order valence-electron chi connectivity index (χ1n) is 7.37. The van der Waals surface area contributed by atoms with Crippen molar-refractivity contribution >= 4 is 33.3 Å². The number of pyridine rings is 1. The molecule has 25 heavy (non-hydrogen) atoms. The molecular formula is C16H13F3N4OS. The molecule has 0 saturated carbocycles. The molecule has 130 valence electrons. The number of anilines is 1. The van der Waals surface area contributed by atoms with Crippen molar-refractivity contribution in [2.75, 3.05) is 5.32 Å². The first kappa shape index (κ1) is 17.3. The molecule has 5 nitrogen and oxygen atoms in total. The molecule has 0 aliphatic heterocycles. The SMILES string of the molecule is CC(C)c1nnc(NC(=O)c2cnc3ccccc3c2C(F)(F)F)s1. The second kappa shape index (κ2) is 6.40. The number of hydrogen-bond acceptors (Lipinski definition) is 5. The number of fused-ring (bicyclic) bond motifs is 1. The molecule has 2 heterocycles. The molecule has 0 fully saturated rings. The predicted octanol–water partition coefficient (Wildman–Crippen LogP) is 4.48. The Labute approximate surface area is 144 Å². The number of aromatic nitrogens is 3. The van der Waals surface area contributed by atoms with Gasteiger partial charge in [0.2, 0.25) is 5.13 Å². The zero-order valence-corrected chi connectivity index (χ0v) is 14.1. The van der Waals surface area contributed by atoms with Crippen molar-refractivity contribution in [3.8, 4) is 0 Å². The van der Waals surface area contributed by atoms with Gasteiger partial charge in [0.05, 0.1) is 16.6 Å². The Kier molecular flexibility index (Phi) is 4.42. The van der Waals surface area contributed by atoms with E-state index in [-0.39, 0.29) is 22.0 Å². The van der Waals surface area contributed by atoms with Gasteiger partial charge in [0.1, 0.15) is 5.01 Å². The molecule has 0 saturated heterocycles. The topological polar surface area (TPSA) is 67.8 Å². The minimum absolute atomic E-state index is 0.108. The van der Waals surface area contributed by atoms with Gasteiger partial charge in [-0.2, -0.15) is 13.2 Å². The largest absolute Gasteiger partial charge is 0.417 e. The lowest BCUT2D eigenvalue weighted by molar-refractivity contribution is -0.136. The molecule has 1 amide bonds. The molecule has 0 radical (unpaired) electrons. The van der Waals surface area contributed by atoms with Crippen LogP contribution in [-0.4, -0.2) is 21.1 Å². The molecule has 0 spiro atoms. The van der Waals surface area contributed by atoms with Crippen LogP contribution in [0.25, 0.3) is 10.9 Å². The Balaban J connectivity index is 2.03. The first-order valence-corrected chi connectivity index (χ1v) is 8.18. The van der Waals surface area contributed by atoms with Crippen molar-refractivity contribution in [3.63, 3.8) is 0 Å². The smallest absolute Gasteiger partial charge is 0.296 e. The van der Waals surface area contributed by atoms with Crippen LogP contribution in [-0.2, 0) is 6.18 Å². The van der Waals surface area contributed by atoms with Crippen LogP contribution in [0.5, 0.6) is 0 Å². The maximum atomic E-state index is 13.6. The van der Waals surface area contributed by atoms with Crippen LogP contribution < -0.4 is 5.32 Å². The van der Waals surface area contributed by atoms with Gasteiger partial charge in [-0.3, -0.25) is 15.1 Å². The maximum absolute atomic E-state index is 13.6. The van der Waals surface area contributed by atoms with Crippen LogP contribution in [0, 0.1) is 0 Å². The molecule has 2 aromatic heterocycles. The van der Waals surface area contributed by atoms with Gasteiger partial charge in [-0.05, 0) is 6.07 Å². The standard InChI is InChI=1S/C16H13F3N4OS/c1-8(2)14-22-23-15(25-14)21-13(24)10-7-20-11-6-4-3-5-9(11)12(10)16(17,18)19/h3-8H,1-2H3,(H,21,23,24). The normalized spacial score (nSPS) is 11.9. The minimum atomic E-state index is -4.70. The number of amides is 1. The molecule has 3 aromatic rings. The quantitative estimate of drug-likeness (QED) is 0.742. The second-order valence-corrected chi connectivity index (χ2v) is 6.63. The number of carbonyl (C=O) groups is 1. The van der Waals surface area contributed by atoms with Crippen LogP contribution in [0.3, 0.4) is 0 Å². The number of alkyl halides is 3. The third-order valence-electron chi connectivity index (χ3n) is 3.46. The maximum Gasteiger partial charge on any atom is 0.417 e. The summed E-state index contributed by atoms with van der Waals surface area (Å²) in [6.07, 6.45) is -3.76. The van der Waals surface area contributed by atoms with Gasteiger partial charge >= 0.3 is 6.18 Å². The highest BCUT2D eigenvalue weighted by molar-refractivity contribution is 7.15. The fraction of sp³-hybridized carbons (Fsp3) is 0.250. The summed E-state index contributed by atoms with van der Waals surface area (Å²) in [5.74, 6) is -0.812. The number of benzene rings is 1. The van der Waals surface area contributed by atoms with Crippen LogP contribution in [0.1, 0.15) is 40.7 Å². The van der Waals surface area contributed by atoms with Crippen LogP contribution in [0.4, 0.5) is 18.3 Å². The number of para-hydroxylation sites is 1. The molecule has 0 bridgehead atoms. The van der Waals surface area contributed by atoms with E-state index in [0.29, 0.717) is 5.01 Å². The van der Waals surface area contributed by atoms with Gasteiger partial charge in [-0.25, -0.2) is 0 Å². The van der Waals surface area contributed by atoms with E-state index >= 15 is 0 Å². The lowest BCUT2D eigenvalue weighted by Gasteiger charge is -2.14. The Morgan fingerprint density at radius 1 is 1.20 bits per heavy atom. The van der Waals surface area contributed by atoms with Gasteiger partial charge in [0.15, 0.2) is 0 Å². The Bertz CT molecular complexity index is 937. The molecule has 9 heteroatoms. The van der Waals surface area contributed by atoms with Crippen molar-refractivity contribution in [2.24, 2.45) is 0 Å². The van der Waals surface area contributed by atoms with Crippen molar-refractivity contribution in [1.82, 2.24) is 15.2 Å². The molecule has 0 aliphatic rings. The summed E-state index contributed by atoms with van der Waals surface area (Å²) in [6.45, 7) is 3.81. The molecule has 0 aliphatic carbocycles. The zero-order chi connectivity index (χ0) is 18.2. The van der Waals surface area contributed by atoms with E-state index in [1.807, 2.05) is 13.8 Å². The highest BCUT2D eigenvalue weighted by Crippen LogP contribution is 2.37. The molecule has 1 N–H and O–H groups in total. The van der Waals surface area contributed by atoms with Crippen molar-refractivity contribution in [2.45, 2.75) is 25.9 Å². The molecule has 0 atom stereocenters. The van der Waals surface area contributed by atoms with Crippen LogP contribution in [0.2, 0.25) is 0 Å². The van der Waals surface area contributed by atoms with Crippen LogP contribution >= 0.6 is 11.3 Å². The summed E-state index contributed by atoms with van der Waals surface area (Å²) in [7, 11) is 0. The van der Waals surface area contributed by atoms with E-state index < -0.39 is 23.2 Å². The van der Waals surface area contributed by atoms with E-state index in [2.05, 4.69) is 20.5 Å². The Morgan fingerprint density at radius 3 is 2.56 bits per heavy atom. The summed E-state index contributed by atoms with van der Waals surface area (Å²) >= 11 is 1.13. The first-order chi connectivity index (χ1) is 11.8. The van der Waals surface area contributed by atoms with Gasteiger partial charge in [0.25, 0.3) is 5.91 Å². The van der Waals surface area contributed by atoms with Crippen LogP contribution in [0.15, 0.2) is 30.5 Å². The fourth-order valence-corrected chi connectivity index (χ4v) is 3.04. The Morgan fingerprint density at radius 2 is 1.92 bits per heavy atom. The van der Waals surface area contributed by atoms with Gasteiger partial charge < -0.3 is 0 Å². The monoisotopic (exact) mass is 366 g/mol. The van der Waals surface area contributed by atoms with Gasteiger partial charge in [0, 0.05) is 17.5 Å². The third-order valence-corrected chi connectivity index (χ3v) is 4.60.